The van der Waals surface area contributed by atoms with Gasteiger partial charge in [-0.3, -0.25) is 5.10 Å². The molecule has 7 nitrogen and oxygen atoms in total. The van der Waals surface area contributed by atoms with Crippen LogP contribution in [-0.2, 0) is 0 Å². The second-order valence-electron chi connectivity index (χ2n) is 7.07. The summed E-state index contributed by atoms with van der Waals surface area (Å²) in [6.45, 7) is 8.76. The van der Waals surface area contributed by atoms with Crippen molar-refractivity contribution in [2.24, 2.45) is 5.92 Å². The molecular weight excluding hydrogens is 304 g/mol. The first-order valence-corrected chi connectivity index (χ1v) is 8.58. The summed E-state index contributed by atoms with van der Waals surface area (Å²) in [6, 6.07) is 2.02. The van der Waals surface area contributed by atoms with Crippen LogP contribution in [0.15, 0.2) is 6.07 Å². The Morgan fingerprint density at radius 3 is 2.71 bits per heavy atom. The fourth-order valence-corrected chi connectivity index (χ4v) is 3.27. The number of rotatable bonds is 5. The molecule has 2 heterocycles. The Bertz CT molecular complexity index is 698. The Hall–Kier alpha value is -2.02. The van der Waals surface area contributed by atoms with Crippen LogP contribution < -0.4 is 5.32 Å². The van der Waals surface area contributed by atoms with Crippen molar-refractivity contribution in [3.8, 4) is 0 Å². The van der Waals surface area contributed by atoms with E-state index in [1.54, 1.807) is 0 Å². The second kappa shape index (κ2) is 6.84. The monoisotopic (exact) mass is 330 g/mol. The maximum atomic E-state index is 10.4. The maximum Gasteiger partial charge on any atom is 0.223 e. The third kappa shape index (κ3) is 3.72. The highest BCUT2D eigenvalue weighted by atomic mass is 16.3. The summed E-state index contributed by atoms with van der Waals surface area (Å²) in [5, 5.41) is 20.8. The van der Waals surface area contributed by atoms with Gasteiger partial charge in [-0.25, -0.2) is 15.0 Å². The molecule has 3 rings (SSSR count). The predicted molar refractivity (Wildman–Crippen MR) is 91.9 cm³/mol. The van der Waals surface area contributed by atoms with Crippen LogP contribution in [0.3, 0.4) is 0 Å². The molecule has 0 aromatic carbocycles. The Balaban J connectivity index is 1.62. The van der Waals surface area contributed by atoms with Gasteiger partial charge < -0.3 is 10.4 Å². The standard InChI is InChI=1S/C17H26N6O/c1-9(2)14-5-10(3)19-17(21-14)18-8-13-6-12(7-15(13)24)16-20-11(4)22-23-16/h5,9,12-13,15,24H,6-8H2,1-4H3,(H,18,19,21)(H,20,22,23)/t12-,13+,15+/m0/s1. The molecule has 0 amide bonds. The van der Waals surface area contributed by atoms with E-state index in [2.05, 4.69) is 44.3 Å². The van der Waals surface area contributed by atoms with Crippen LogP contribution in [0.1, 0.15) is 61.6 Å². The lowest BCUT2D eigenvalue weighted by atomic mass is 10.0. The molecule has 0 radical (unpaired) electrons. The van der Waals surface area contributed by atoms with E-state index < -0.39 is 0 Å². The lowest BCUT2D eigenvalue weighted by Crippen LogP contribution is -2.23. The molecule has 2 aromatic heterocycles. The number of aryl methyl sites for hydroxylation is 2. The van der Waals surface area contributed by atoms with E-state index in [0.717, 1.165) is 29.5 Å². The van der Waals surface area contributed by atoms with Crippen molar-refractivity contribution in [1.29, 1.82) is 0 Å². The molecule has 24 heavy (non-hydrogen) atoms. The minimum absolute atomic E-state index is 0.153. The fraction of sp³-hybridized carbons (Fsp3) is 0.647. The van der Waals surface area contributed by atoms with Crippen LogP contribution >= 0.6 is 0 Å². The Labute approximate surface area is 142 Å². The molecule has 3 atom stereocenters. The average Bonchev–Trinajstić information content (AvgIpc) is 3.10. The van der Waals surface area contributed by atoms with E-state index in [1.807, 2.05) is 19.9 Å². The van der Waals surface area contributed by atoms with Crippen molar-refractivity contribution in [3.05, 3.63) is 29.1 Å². The number of H-pyrrole nitrogens is 1. The summed E-state index contributed by atoms with van der Waals surface area (Å²) < 4.78 is 0. The van der Waals surface area contributed by atoms with Crippen molar-refractivity contribution in [2.75, 3.05) is 11.9 Å². The number of aliphatic hydroxyl groups is 1. The van der Waals surface area contributed by atoms with Crippen LogP contribution in [-0.4, -0.2) is 42.9 Å². The molecule has 1 fully saturated rings. The number of nitrogens with one attached hydrogen (secondary N) is 2. The minimum atomic E-state index is -0.351. The van der Waals surface area contributed by atoms with E-state index in [-0.39, 0.29) is 17.9 Å². The summed E-state index contributed by atoms with van der Waals surface area (Å²) in [4.78, 5) is 13.4. The first-order valence-electron chi connectivity index (χ1n) is 8.58. The topological polar surface area (TPSA) is 99.6 Å². The van der Waals surface area contributed by atoms with Gasteiger partial charge in [0.25, 0.3) is 0 Å². The van der Waals surface area contributed by atoms with Crippen molar-refractivity contribution < 1.29 is 5.11 Å². The van der Waals surface area contributed by atoms with Crippen molar-refractivity contribution in [1.82, 2.24) is 25.1 Å². The molecule has 0 aliphatic heterocycles. The van der Waals surface area contributed by atoms with E-state index in [9.17, 15) is 5.11 Å². The van der Waals surface area contributed by atoms with Crippen LogP contribution in [0.5, 0.6) is 0 Å². The first kappa shape index (κ1) is 16.8. The Morgan fingerprint density at radius 1 is 1.25 bits per heavy atom. The van der Waals surface area contributed by atoms with Crippen LogP contribution in [0.4, 0.5) is 5.95 Å². The molecule has 0 bridgehead atoms. The van der Waals surface area contributed by atoms with Crippen molar-refractivity contribution in [2.45, 2.75) is 58.5 Å². The molecule has 0 saturated heterocycles. The lowest BCUT2D eigenvalue weighted by Gasteiger charge is -2.16. The van der Waals surface area contributed by atoms with Crippen molar-refractivity contribution >= 4 is 5.95 Å². The van der Waals surface area contributed by atoms with Crippen molar-refractivity contribution in [3.63, 3.8) is 0 Å². The van der Waals surface area contributed by atoms with Crippen LogP contribution in [0.25, 0.3) is 0 Å². The van der Waals surface area contributed by atoms with Gasteiger partial charge in [0.2, 0.25) is 5.95 Å². The molecule has 0 unspecified atom stereocenters. The molecule has 3 N–H and O–H groups in total. The third-order valence-corrected chi connectivity index (χ3v) is 4.63. The van der Waals surface area contributed by atoms with Crippen LogP contribution in [0, 0.1) is 19.8 Å². The molecule has 2 aromatic rings. The molecule has 1 saturated carbocycles. The average molecular weight is 330 g/mol. The highest BCUT2D eigenvalue weighted by molar-refractivity contribution is 5.29. The van der Waals surface area contributed by atoms with Gasteiger partial charge in [-0.1, -0.05) is 13.8 Å². The zero-order valence-electron chi connectivity index (χ0n) is 14.7. The first-order chi connectivity index (χ1) is 11.4. The molecule has 0 spiro atoms. The normalized spacial score (nSPS) is 23.8. The lowest BCUT2D eigenvalue weighted by molar-refractivity contribution is 0.137. The van der Waals surface area contributed by atoms with E-state index in [1.165, 1.54) is 0 Å². The highest BCUT2D eigenvalue weighted by Gasteiger charge is 2.35. The molecule has 7 heteroatoms. The Kier molecular flexibility index (Phi) is 4.80. The number of nitrogens with zero attached hydrogens (tertiary/aromatic N) is 4. The molecule has 1 aliphatic rings. The number of anilines is 1. The smallest absolute Gasteiger partial charge is 0.223 e. The van der Waals surface area contributed by atoms with Gasteiger partial charge in [0, 0.05) is 29.8 Å². The molecule has 130 valence electrons. The summed E-state index contributed by atoms with van der Waals surface area (Å²) in [5.41, 5.74) is 1.99. The minimum Gasteiger partial charge on any atom is -0.393 e. The highest BCUT2D eigenvalue weighted by Crippen LogP contribution is 2.37. The van der Waals surface area contributed by atoms with Gasteiger partial charge in [0.1, 0.15) is 5.82 Å². The zero-order chi connectivity index (χ0) is 17.3. The second-order valence-corrected chi connectivity index (χ2v) is 7.07. The largest absolute Gasteiger partial charge is 0.393 e. The number of hydrogen-bond donors (Lipinski definition) is 3. The quantitative estimate of drug-likeness (QED) is 0.778. The number of hydrogen-bond acceptors (Lipinski definition) is 6. The number of aliphatic hydroxyl groups excluding tert-OH is 1. The van der Waals surface area contributed by atoms with Gasteiger partial charge in [0.05, 0.1) is 6.10 Å². The summed E-state index contributed by atoms with van der Waals surface area (Å²) >= 11 is 0. The SMILES string of the molecule is Cc1cc(C(C)C)nc(NC[C@H]2C[C@H](c3n[nH]c(C)n3)C[C@H]2O)n1. The van der Waals surface area contributed by atoms with Gasteiger partial charge in [-0.05, 0) is 38.7 Å². The number of aromatic amines is 1. The van der Waals surface area contributed by atoms with Gasteiger partial charge >= 0.3 is 0 Å². The van der Waals surface area contributed by atoms with Gasteiger partial charge in [-0.2, -0.15) is 5.10 Å². The zero-order valence-corrected chi connectivity index (χ0v) is 14.7. The third-order valence-electron chi connectivity index (χ3n) is 4.63. The van der Waals surface area contributed by atoms with E-state index in [0.29, 0.717) is 24.8 Å². The summed E-state index contributed by atoms with van der Waals surface area (Å²) in [6.07, 6.45) is 1.22. The summed E-state index contributed by atoms with van der Waals surface area (Å²) in [5.74, 6) is 2.99. The van der Waals surface area contributed by atoms with Gasteiger partial charge in [0.15, 0.2) is 5.82 Å². The molecule has 1 aliphatic carbocycles. The van der Waals surface area contributed by atoms with Gasteiger partial charge in [-0.15, -0.1) is 0 Å². The summed E-state index contributed by atoms with van der Waals surface area (Å²) in [7, 11) is 0. The molecular formula is C17H26N6O. The number of aromatic nitrogens is 5. The Morgan fingerprint density at radius 2 is 2.04 bits per heavy atom. The van der Waals surface area contributed by atoms with E-state index >= 15 is 0 Å². The fourth-order valence-electron chi connectivity index (χ4n) is 3.27. The predicted octanol–water partition coefficient (Wildman–Crippen LogP) is 2.30. The van der Waals surface area contributed by atoms with E-state index in [4.69, 9.17) is 0 Å². The maximum absolute atomic E-state index is 10.4. The van der Waals surface area contributed by atoms with Crippen LogP contribution in [0.2, 0.25) is 0 Å².